The van der Waals surface area contributed by atoms with Crippen LogP contribution in [0.5, 0.6) is 0 Å². The van der Waals surface area contributed by atoms with E-state index in [0.29, 0.717) is 6.04 Å². The van der Waals surface area contributed by atoms with Crippen LogP contribution in [0.2, 0.25) is 5.02 Å². The second-order valence-corrected chi connectivity index (χ2v) is 6.09. The smallest absolute Gasteiger partial charge is 0.0406 e. The minimum atomic E-state index is 0.206. The summed E-state index contributed by atoms with van der Waals surface area (Å²) in [6.45, 7) is 11.3. The standard InChI is InChI=1S/C18H31ClN2/c1-6-18(7-2,21(8-3)9-4)17(20-5)14-15-10-12-16(19)13-11-15/h10-13,17,20H,6-9,14H2,1-5H3. The van der Waals surface area contributed by atoms with Crippen molar-refractivity contribution in [3.63, 3.8) is 0 Å². The molecule has 1 rings (SSSR count). The molecule has 1 atom stereocenters. The van der Waals surface area contributed by atoms with Crippen molar-refractivity contribution in [1.29, 1.82) is 0 Å². The molecule has 1 N–H and O–H groups in total. The number of benzene rings is 1. The zero-order valence-corrected chi connectivity index (χ0v) is 15.0. The third-order valence-corrected chi connectivity index (χ3v) is 5.22. The largest absolute Gasteiger partial charge is 0.315 e. The SMILES string of the molecule is CCN(CC)C(CC)(CC)C(Cc1ccc(Cl)cc1)NC. The molecule has 0 fully saturated rings. The number of hydrogen-bond donors (Lipinski definition) is 1. The molecule has 120 valence electrons. The Bertz CT molecular complexity index is 394. The Balaban J connectivity index is 3.04. The van der Waals surface area contributed by atoms with Crippen LogP contribution in [0.15, 0.2) is 24.3 Å². The molecule has 0 aliphatic carbocycles. The molecule has 1 aromatic carbocycles. The molecular weight excluding hydrogens is 280 g/mol. The first kappa shape index (κ1) is 18.5. The fourth-order valence-electron chi connectivity index (χ4n) is 3.68. The monoisotopic (exact) mass is 310 g/mol. The maximum Gasteiger partial charge on any atom is 0.0406 e. The summed E-state index contributed by atoms with van der Waals surface area (Å²) in [7, 11) is 2.09. The molecule has 0 bridgehead atoms. The van der Waals surface area contributed by atoms with E-state index in [0.717, 1.165) is 37.4 Å². The van der Waals surface area contributed by atoms with E-state index in [1.165, 1.54) is 5.56 Å². The van der Waals surface area contributed by atoms with Gasteiger partial charge in [-0.1, -0.05) is 51.4 Å². The molecule has 0 heterocycles. The van der Waals surface area contributed by atoms with E-state index in [2.05, 4.69) is 57.1 Å². The zero-order chi connectivity index (χ0) is 15.9. The number of halogens is 1. The van der Waals surface area contributed by atoms with Gasteiger partial charge in [0.1, 0.15) is 0 Å². The van der Waals surface area contributed by atoms with Crippen molar-refractivity contribution >= 4 is 11.6 Å². The van der Waals surface area contributed by atoms with E-state index < -0.39 is 0 Å². The Labute approximate surface area is 135 Å². The highest BCUT2D eigenvalue weighted by atomic mass is 35.5. The van der Waals surface area contributed by atoms with Crippen molar-refractivity contribution in [2.45, 2.75) is 58.5 Å². The van der Waals surface area contributed by atoms with Gasteiger partial charge in [-0.2, -0.15) is 0 Å². The summed E-state index contributed by atoms with van der Waals surface area (Å²) < 4.78 is 0. The average Bonchev–Trinajstić information content (AvgIpc) is 2.52. The minimum Gasteiger partial charge on any atom is -0.315 e. The maximum absolute atomic E-state index is 6.00. The van der Waals surface area contributed by atoms with Gasteiger partial charge in [-0.25, -0.2) is 0 Å². The van der Waals surface area contributed by atoms with Crippen molar-refractivity contribution in [2.75, 3.05) is 20.1 Å². The van der Waals surface area contributed by atoms with E-state index >= 15 is 0 Å². The normalized spacial score (nSPS) is 13.7. The fraction of sp³-hybridized carbons (Fsp3) is 0.667. The van der Waals surface area contributed by atoms with Gasteiger partial charge in [0.2, 0.25) is 0 Å². The third-order valence-electron chi connectivity index (χ3n) is 4.97. The second-order valence-electron chi connectivity index (χ2n) is 5.65. The predicted molar refractivity (Wildman–Crippen MR) is 94.2 cm³/mol. The van der Waals surface area contributed by atoms with E-state index in [-0.39, 0.29) is 5.54 Å². The van der Waals surface area contributed by atoms with Gasteiger partial charge in [-0.3, -0.25) is 4.90 Å². The van der Waals surface area contributed by atoms with Crippen LogP contribution in [0.4, 0.5) is 0 Å². The molecule has 0 radical (unpaired) electrons. The summed E-state index contributed by atoms with van der Waals surface area (Å²) in [6, 6.07) is 8.70. The van der Waals surface area contributed by atoms with Gasteiger partial charge in [0.05, 0.1) is 0 Å². The van der Waals surface area contributed by atoms with Gasteiger partial charge in [0.15, 0.2) is 0 Å². The van der Waals surface area contributed by atoms with Crippen molar-refractivity contribution in [1.82, 2.24) is 10.2 Å². The molecule has 0 saturated heterocycles. The van der Waals surface area contributed by atoms with Crippen LogP contribution in [0.3, 0.4) is 0 Å². The summed E-state index contributed by atoms with van der Waals surface area (Å²) in [5, 5.41) is 4.39. The maximum atomic E-state index is 6.00. The molecule has 0 saturated carbocycles. The summed E-state index contributed by atoms with van der Waals surface area (Å²) >= 11 is 6.00. The second kappa shape index (κ2) is 8.77. The van der Waals surface area contributed by atoms with E-state index in [9.17, 15) is 0 Å². The number of nitrogens with zero attached hydrogens (tertiary/aromatic N) is 1. The van der Waals surface area contributed by atoms with Crippen LogP contribution in [-0.4, -0.2) is 36.6 Å². The van der Waals surface area contributed by atoms with Gasteiger partial charge >= 0.3 is 0 Å². The summed E-state index contributed by atoms with van der Waals surface area (Å²) in [5.41, 5.74) is 1.55. The Morgan fingerprint density at radius 1 is 1.05 bits per heavy atom. The Morgan fingerprint density at radius 3 is 1.95 bits per heavy atom. The third kappa shape index (κ3) is 4.21. The molecular formula is C18H31ClN2. The topological polar surface area (TPSA) is 15.3 Å². The van der Waals surface area contributed by atoms with Crippen molar-refractivity contribution in [2.24, 2.45) is 0 Å². The first-order valence-corrected chi connectivity index (χ1v) is 8.62. The highest BCUT2D eigenvalue weighted by Gasteiger charge is 2.38. The summed E-state index contributed by atoms with van der Waals surface area (Å²) in [4.78, 5) is 2.62. The van der Waals surface area contributed by atoms with Gasteiger partial charge in [0, 0.05) is 16.6 Å². The number of hydrogen-bond acceptors (Lipinski definition) is 2. The average molecular weight is 311 g/mol. The molecule has 0 amide bonds. The Morgan fingerprint density at radius 2 is 1.57 bits per heavy atom. The van der Waals surface area contributed by atoms with Crippen molar-refractivity contribution in [3.8, 4) is 0 Å². The lowest BCUT2D eigenvalue weighted by Gasteiger charge is -2.48. The number of nitrogens with one attached hydrogen (secondary N) is 1. The van der Waals surface area contributed by atoms with Crippen LogP contribution in [0.25, 0.3) is 0 Å². The molecule has 0 aliphatic rings. The van der Waals surface area contributed by atoms with E-state index in [1.54, 1.807) is 0 Å². The quantitative estimate of drug-likeness (QED) is 0.728. The molecule has 0 aliphatic heterocycles. The molecule has 0 spiro atoms. The lowest BCUT2D eigenvalue weighted by atomic mass is 9.79. The summed E-state index contributed by atoms with van der Waals surface area (Å²) in [6.07, 6.45) is 3.35. The van der Waals surface area contributed by atoms with Gasteiger partial charge in [-0.15, -0.1) is 0 Å². The van der Waals surface area contributed by atoms with Crippen LogP contribution in [0.1, 0.15) is 46.1 Å². The fourth-order valence-corrected chi connectivity index (χ4v) is 3.81. The zero-order valence-electron chi connectivity index (χ0n) is 14.2. The van der Waals surface area contributed by atoms with Gasteiger partial charge < -0.3 is 5.32 Å². The Hall–Kier alpha value is -0.570. The van der Waals surface area contributed by atoms with Crippen LogP contribution in [0, 0.1) is 0 Å². The Kier molecular flexibility index (Phi) is 7.72. The van der Waals surface area contributed by atoms with Crippen LogP contribution < -0.4 is 5.32 Å². The molecule has 1 aromatic rings. The molecule has 0 aromatic heterocycles. The highest BCUT2D eigenvalue weighted by molar-refractivity contribution is 6.30. The first-order chi connectivity index (χ1) is 10.1. The van der Waals surface area contributed by atoms with Crippen molar-refractivity contribution < 1.29 is 0 Å². The van der Waals surface area contributed by atoms with Crippen LogP contribution >= 0.6 is 11.6 Å². The lowest BCUT2D eigenvalue weighted by molar-refractivity contribution is 0.0519. The van der Waals surface area contributed by atoms with Gasteiger partial charge in [0.25, 0.3) is 0 Å². The lowest BCUT2D eigenvalue weighted by Crippen LogP contribution is -2.61. The molecule has 2 nitrogen and oxygen atoms in total. The van der Waals surface area contributed by atoms with Gasteiger partial charge in [-0.05, 0) is 57.1 Å². The molecule has 3 heteroatoms. The summed E-state index contributed by atoms with van der Waals surface area (Å²) in [5.74, 6) is 0. The molecule has 21 heavy (non-hydrogen) atoms. The number of rotatable bonds is 9. The first-order valence-electron chi connectivity index (χ1n) is 8.24. The van der Waals surface area contributed by atoms with Crippen molar-refractivity contribution in [3.05, 3.63) is 34.9 Å². The molecule has 1 unspecified atom stereocenters. The number of likely N-dealkylation sites (N-methyl/N-ethyl adjacent to an activating group) is 2. The van der Waals surface area contributed by atoms with E-state index in [4.69, 9.17) is 11.6 Å². The predicted octanol–water partition coefficient (Wildman–Crippen LogP) is 4.37. The van der Waals surface area contributed by atoms with E-state index in [1.807, 2.05) is 12.1 Å². The highest BCUT2D eigenvalue weighted by Crippen LogP contribution is 2.30. The van der Waals surface area contributed by atoms with Crippen LogP contribution in [-0.2, 0) is 6.42 Å². The minimum absolute atomic E-state index is 0.206.